The zero-order valence-corrected chi connectivity index (χ0v) is 19.8. The minimum absolute atomic E-state index is 0.219. The monoisotopic (exact) mass is 504 g/mol. The van der Waals surface area contributed by atoms with Gasteiger partial charge >= 0.3 is 18.2 Å². The summed E-state index contributed by atoms with van der Waals surface area (Å²) in [7, 11) is 1.33. The predicted octanol–water partition coefficient (Wildman–Crippen LogP) is 5.65. The van der Waals surface area contributed by atoms with Gasteiger partial charge in [-0.1, -0.05) is 23.9 Å². The Morgan fingerprint density at radius 2 is 1.83 bits per heavy atom. The second-order valence-electron chi connectivity index (χ2n) is 7.96. The number of benzene rings is 2. The van der Waals surface area contributed by atoms with Gasteiger partial charge in [-0.2, -0.15) is 13.2 Å². The van der Waals surface area contributed by atoms with Crippen LogP contribution in [0, 0.1) is 0 Å². The number of nitrogens with one attached hydrogen (secondary N) is 2. The molecule has 2 N–H and O–H groups in total. The molecule has 0 radical (unpaired) electrons. The molecule has 1 fully saturated rings. The van der Waals surface area contributed by atoms with Gasteiger partial charge < -0.3 is 20.3 Å². The van der Waals surface area contributed by atoms with Crippen molar-refractivity contribution in [3.63, 3.8) is 0 Å². The minimum Gasteiger partial charge on any atom is -0.466 e. The molecule has 4 rings (SSSR count). The van der Waals surface area contributed by atoms with E-state index in [2.05, 4.69) is 20.5 Å². The fourth-order valence-corrected chi connectivity index (χ4v) is 5.03. The summed E-state index contributed by atoms with van der Waals surface area (Å²) in [6.45, 7) is 2.49. The first-order chi connectivity index (χ1) is 16.7. The SMILES string of the molecule is COC(=O)C1=C(C)N=C2SCCCN2C1c1cccc(NC(=O)Nc2ccc(C(F)(F)F)cc2)c1. The number of carbonyl (C=O) groups excluding carboxylic acids is 2. The number of carbonyl (C=O) groups is 2. The summed E-state index contributed by atoms with van der Waals surface area (Å²) >= 11 is 1.63. The molecule has 1 atom stereocenters. The third-order valence-corrected chi connectivity index (χ3v) is 6.67. The van der Waals surface area contributed by atoms with Crippen LogP contribution < -0.4 is 10.6 Å². The molecule has 2 aromatic carbocycles. The largest absolute Gasteiger partial charge is 0.466 e. The number of thioether (sulfide) groups is 1. The lowest BCUT2D eigenvalue weighted by atomic mass is 9.94. The molecule has 7 nitrogen and oxygen atoms in total. The van der Waals surface area contributed by atoms with Crippen molar-refractivity contribution in [3.05, 3.63) is 70.9 Å². The van der Waals surface area contributed by atoms with Crippen molar-refractivity contribution in [3.8, 4) is 0 Å². The number of hydrogen-bond acceptors (Lipinski definition) is 6. The standard InChI is InChI=1S/C24H23F3N4O3S/c1-14-19(21(32)34-2)20(31-11-4-12-35-23(31)28-14)15-5-3-6-18(13-15)30-22(33)29-17-9-7-16(8-10-17)24(25,26)27/h3,5-10,13,20H,4,11-12H2,1-2H3,(H2,29,30,33). The van der Waals surface area contributed by atoms with E-state index in [0.717, 1.165) is 41.6 Å². The second kappa shape index (κ2) is 10.0. The van der Waals surface area contributed by atoms with Crippen LogP contribution in [0.3, 0.4) is 0 Å². The summed E-state index contributed by atoms with van der Waals surface area (Å²) < 4.78 is 43.3. The third-order valence-electron chi connectivity index (χ3n) is 5.59. The van der Waals surface area contributed by atoms with Crippen molar-refractivity contribution < 1.29 is 27.5 Å². The predicted molar refractivity (Wildman–Crippen MR) is 129 cm³/mol. The topological polar surface area (TPSA) is 83.0 Å². The molecule has 2 aliphatic heterocycles. The van der Waals surface area contributed by atoms with Crippen LogP contribution in [0.2, 0.25) is 0 Å². The Balaban J connectivity index is 1.55. The summed E-state index contributed by atoms with van der Waals surface area (Å²) in [4.78, 5) is 31.8. The Bertz CT molecular complexity index is 1200. The van der Waals surface area contributed by atoms with Crippen molar-refractivity contribution >= 4 is 40.3 Å². The molecule has 2 aliphatic rings. The van der Waals surface area contributed by atoms with Gasteiger partial charge in [0.2, 0.25) is 0 Å². The highest BCUT2D eigenvalue weighted by Gasteiger charge is 2.37. The van der Waals surface area contributed by atoms with E-state index >= 15 is 0 Å². The number of ether oxygens (including phenoxy) is 1. The normalized spacial score (nSPS) is 17.9. The fourth-order valence-electron chi connectivity index (χ4n) is 4.01. The molecule has 2 amide bonds. The van der Waals surface area contributed by atoms with E-state index < -0.39 is 29.8 Å². The molecule has 0 bridgehead atoms. The summed E-state index contributed by atoms with van der Waals surface area (Å²) in [5.74, 6) is 0.471. The Morgan fingerprint density at radius 1 is 1.11 bits per heavy atom. The number of amidine groups is 1. The zero-order valence-electron chi connectivity index (χ0n) is 19.0. The lowest BCUT2D eigenvalue weighted by molar-refractivity contribution is -0.138. The highest BCUT2D eigenvalue weighted by atomic mass is 32.2. The summed E-state index contributed by atoms with van der Waals surface area (Å²) in [6.07, 6.45) is -3.52. The van der Waals surface area contributed by atoms with Gasteiger partial charge in [0.1, 0.15) is 0 Å². The van der Waals surface area contributed by atoms with Gasteiger partial charge in [-0.15, -0.1) is 0 Å². The van der Waals surface area contributed by atoms with Gasteiger partial charge in [0.05, 0.1) is 30.0 Å². The first-order valence-corrected chi connectivity index (χ1v) is 11.8. The van der Waals surface area contributed by atoms with Crippen LogP contribution in [0.4, 0.5) is 29.3 Å². The molecule has 35 heavy (non-hydrogen) atoms. The average molecular weight is 505 g/mol. The zero-order chi connectivity index (χ0) is 25.2. The number of nitrogens with zero attached hydrogens (tertiary/aromatic N) is 2. The van der Waals surface area contributed by atoms with Crippen molar-refractivity contribution in [1.82, 2.24) is 4.90 Å². The van der Waals surface area contributed by atoms with Crippen LogP contribution in [0.1, 0.15) is 30.5 Å². The smallest absolute Gasteiger partial charge is 0.416 e. The number of amides is 2. The Kier molecular flexibility index (Phi) is 7.06. The van der Waals surface area contributed by atoms with Gasteiger partial charge in [-0.25, -0.2) is 14.6 Å². The lowest BCUT2D eigenvalue weighted by Gasteiger charge is -2.40. The van der Waals surface area contributed by atoms with E-state index in [0.29, 0.717) is 17.0 Å². The van der Waals surface area contributed by atoms with Crippen LogP contribution >= 0.6 is 11.8 Å². The number of allylic oxidation sites excluding steroid dienone is 1. The number of aliphatic imine (C=N–C) groups is 1. The van der Waals surface area contributed by atoms with Crippen molar-refractivity contribution in [2.45, 2.75) is 25.6 Å². The van der Waals surface area contributed by atoms with Crippen molar-refractivity contribution in [1.29, 1.82) is 0 Å². The molecule has 0 saturated carbocycles. The summed E-state index contributed by atoms with van der Waals surface area (Å²) in [5.41, 5.74) is 1.67. The van der Waals surface area contributed by atoms with Crippen LogP contribution in [0.25, 0.3) is 0 Å². The quantitative estimate of drug-likeness (QED) is 0.526. The number of rotatable bonds is 4. The average Bonchev–Trinajstić information content (AvgIpc) is 2.82. The molecule has 0 spiro atoms. The Morgan fingerprint density at radius 3 is 2.51 bits per heavy atom. The number of esters is 1. The molecule has 2 aromatic rings. The second-order valence-corrected chi connectivity index (χ2v) is 9.02. The molecule has 11 heteroatoms. The number of halogens is 3. The number of hydrogen-bond donors (Lipinski definition) is 2. The van der Waals surface area contributed by atoms with Crippen molar-refractivity contribution in [2.75, 3.05) is 30.0 Å². The van der Waals surface area contributed by atoms with E-state index in [1.807, 2.05) is 6.07 Å². The molecule has 0 aromatic heterocycles. The van der Waals surface area contributed by atoms with E-state index in [1.54, 1.807) is 36.9 Å². The molecule has 1 unspecified atom stereocenters. The molecular formula is C24H23F3N4O3S. The molecular weight excluding hydrogens is 481 g/mol. The molecule has 184 valence electrons. The van der Waals surface area contributed by atoms with Gasteiger partial charge in [-0.05, 0) is 55.3 Å². The van der Waals surface area contributed by atoms with Gasteiger partial charge in [0.25, 0.3) is 0 Å². The third kappa shape index (κ3) is 5.45. The lowest BCUT2D eigenvalue weighted by Crippen LogP contribution is -2.42. The van der Waals surface area contributed by atoms with E-state index in [-0.39, 0.29) is 5.69 Å². The number of anilines is 2. The fraction of sp³-hybridized carbons (Fsp3) is 0.292. The highest BCUT2D eigenvalue weighted by Crippen LogP contribution is 2.40. The van der Waals surface area contributed by atoms with Crippen LogP contribution in [0.15, 0.2) is 64.8 Å². The number of methoxy groups -OCH3 is 1. The first kappa shape index (κ1) is 24.6. The molecule has 1 saturated heterocycles. The summed E-state index contributed by atoms with van der Waals surface area (Å²) in [5, 5.41) is 6.06. The Hall–Kier alpha value is -3.47. The van der Waals surface area contributed by atoms with E-state index in [9.17, 15) is 22.8 Å². The van der Waals surface area contributed by atoms with Crippen LogP contribution in [0.5, 0.6) is 0 Å². The molecule has 0 aliphatic carbocycles. The van der Waals surface area contributed by atoms with Crippen molar-refractivity contribution in [2.24, 2.45) is 4.99 Å². The maximum Gasteiger partial charge on any atom is 0.416 e. The van der Waals surface area contributed by atoms with E-state index in [1.165, 1.54) is 19.2 Å². The number of fused-ring (bicyclic) bond motifs is 1. The first-order valence-electron chi connectivity index (χ1n) is 10.8. The number of alkyl halides is 3. The van der Waals surface area contributed by atoms with Crippen LogP contribution in [-0.4, -0.2) is 41.5 Å². The maximum atomic E-state index is 12.7. The highest BCUT2D eigenvalue weighted by molar-refractivity contribution is 8.13. The number of urea groups is 1. The summed E-state index contributed by atoms with van der Waals surface area (Å²) in [6, 6.07) is 10.2. The van der Waals surface area contributed by atoms with Gasteiger partial charge in [-0.3, -0.25) is 0 Å². The van der Waals surface area contributed by atoms with Gasteiger partial charge in [0, 0.05) is 23.7 Å². The Labute approximate surface area is 204 Å². The minimum atomic E-state index is -4.45. The maximum absolute atomic E-state index is 12.7. The van der Waals surface area contributed by atoms with Gasteiger partial charge in [0.15, 0.2) is 5.17 Å². The van der Waals surface area contributed by atoms with E-state index in [4.69, 9.17) is 4.74 Å². The molecule has 2 heterocycles. The van der Waals surface area contributed by atoms with Crippen LogP contribution in [-0.2, 0) is 15.7 Å².